The van der Waals surface area contributed by atoms with Crippen LogP contribution >= 0.6 is 0 Å². The predicted molar refractivity (Wildman–Crippen MR) is 103 cm³/mol. The van der Waals surface area contributed by atoms with Crippen LogP contribution in [0.25, 0.3) is 11.0 Å². The summed E-state index contributed by atoms with van der Waals surface area (Å²) < 4.78 is 1.44. The molecule has 1 saturated heterocycles. The van der Waals surface area contributed by atoms with Gasteiger partial charge in [0.2, 0.25) is 5.91 Å². The van der Waals surface area contributed by atoms with Crippen LogP contribution in [0, 0.1) is 13.8 Å². The SMILES string of the molecule is Cc1cc(C)n(CC(=O)N2CCC[C@H](c3nc4ccccc4[nH]3)C2)c(=O)n1. The third-order valence-corrected chi connectivity index (χ3v) is 5.21. The fourth-order valence-electron chi connectivity index (χ4n) is 3.79. The van der Waals surface area contributed by atoms with E-state index in [4.69, 9.17) is 4.98 Å². The van der Waals surface area contributed by atoms with Gasteiger partial charge >= 0.3 is 5.69 Å². The third kappa shape index (κ3) is 3.49. The molecule has 140 valence electrons. The van der Waals surface area contributed by atoms with E-state index in [1.165, 1.54) is 4.57 Å². The van der Waals surface area contributed by atoms with Gasteiger partial charge in [0.15, 0.2) is 0 Å². The molecule has 3 aromatic rings. The Kier molecular flexibility index (Phi) is 4.51. The summed E-state index contributed by atoms with van der Waals surface area (Å²) in [6.45, 7) is 4.97. The minimum atomic E-state index is -0.369. The van der Waals surface area contributed by atoms with Crippen molar-refractivity contribution in [3.63, 3.8) is 0 Å². The van der Waals surface area contributed by atoms with Gasteiger partial charge in [0.1, 0.15) is 12.4 Å². The Morgan fingerprint density at radius 3 is 2.85 bits per heavy atom. The van der Waals surface area contributed by atoms with Crippen molar-refractivity contribution in [2.24, 2.45) is 0 Å². The molecule has 2 aromatic heterocycles. The Morgan fingerprint density at radius 1 is 1.26 bits per heavy atom. The molecule has 1 fully saturated rings. The number of fused-ring (bicyclic) bond motifs is 1. The number of amides is 1. The van der Waals surface area contributed by atoms with E-state index in [1.807, 2.05) is 42.2 Å². The summed E-state index contributed by atoms with van der Waals surface area (Å²) in [6.07, 6.45) is 1.92. The van der Waals surface area contributed by atoms with Crippen LogP contribution in [-0.4, -0.2) is 43.4 Å². The minimum Gasteiger partial charge on any atom is -0.342 e. The highest BCUT2D eigenvalue weighted by Crippen LogP contribution is 2.26. The fourth-order valence-corrected chi connectivity index (χ4v) is 3.79. The first-order valence-corrected chi connectivity index (χ1v) is 9.29. The van der Waals surface area contributed by atoms with Gasteiger partial charge < -0.3 is 9.88 Å². The van der Waals surface area contributed by atoms with Gasteiger partial charge in [-0.25, -0.2) is 9.78 Å². The number of benzene rings is 1. The lowest BCUT2D eigenvalue weighted by Crippen LogP contribution is -2.43. The summed E-state index contributed by atoms with van der Waals surface area (Å²) >= 11 is 0. The first-order chi connectivity index (χ1) is 13.0. The highest BCUT2D eigenvalue weighted by Gasteiger charge is 2.27. The Bertz CT molecular complexity index is 1020. The van der Waals surface area contributed by atoms with E-state index in [9.17, 15) is 9.59 Å². The Morgan fingerprint density at radius 2 is 2.07 bits per heavy atom. The molecule has 0 saturated carbocycles. The Hall–Kier alpha value is -2.96. The average Bonchev–Trinajstić information content (AvgIpc) is 3.09. The topological polar surface area (TPSA) is 83.9 Å². The zero-order valence-electron chi connectivity index (χ0n) is 15.6. The van der Waals surface area contributed by atoms with E-state index < -0.39 is 0 Å². The third-order valence-electron chi connectivity index (χ3n) is 5.21. The quantitative estimate of drug-likeness (QED) is 0.771. The number of piperidine rings is 1. The maximum absolute atomic E-state index is 12.8. The highest BCUT2D eigenvalue weighted by molar-refractivity contribution is 5.77. The molecule has 0 unspecified atom stereocenters. The monoisotopic (exact) mass is 365 g/mol. The normalized spacial score (nSPS) is 17.4. The van der Waals surface area contributed by atoms with Crippen molar-refractivity contribution in [2.75, 3.05) is 13.1 Å². The number of rotatable bonds is 3. The van der Waals surface area contributed by atoms with Crippen molar-refractivity contribution in [1.29, 1.82) is 0 Å². The van der Waals surface area contributed by atoms with Crippen LogP contribution < -0.4 is 5.69 Å². The Balaban J connectivity index is 1.51. The molecule has 0 spiro atoms. The summed E-state index contributed by atoms with van der Waals surface area (Å²) in [6, 6.07) is 9.77. The smallest absolute Gasteiger partial charge is 0.342 e. The van der Waals surface area contributed by atoms with Gasteiger partial charge in [0.05, 0.1) is 11.0 Å². The number of imidazole rings is 1. The van der Waals surface area contributed by atoms with Crippen LogP contribution in [0.5, 0.6) is 0 Å². The lowest BCUT2D eigenvalue weighted by atomic mass is 9.97. The van der Waals surface area contributed by atoms with Crippen LogP contribution in [0.2, 0.25) is 0 Å². The summed E-state index contributed by atoms with van der Waals surface area (Å²) in [5, 5.41) is 0. The minimum absolute atomic E-state index is 0.0325. The molecular formula is C20H23N5O2. The number of aromatic nitrogens is 4. The largest absolute Gasteiger partial charge is 0.348 e. The number of aromatic amines is 1. The fraction of sp³-hybridized carbons (Fsp3) is 0.400. The number of aryl methyl sites for hydroxylation is 2. The van der Waals surface area contributed by atoms with E-state index in [0.29, 0.717) is 18.8 Å². The number of H-pyrrole nitrogens is 1. The van der Waals surface area contributed by atoms with E-state index in [1.54, 1.807) is 6.92 Å². The lowest BCUT2D eigenvalue weighted by Gasteiger charge is -2.32. The van der Waals surface area contributed by atoms with Gasteiger partial charge in [-0.2, -0.15) is 4.98 Å². The number of nitrogens with one attached hydrogen (secondary N) is 1. The predicted octanol–water partition coefficient (Wildman–Crippen LogP) is 2.14. The van der Waals surface area contributed by atoms with E-state index in [0.717, 1.165) is 35.4 Å². The van der Waals surface area contributed by atoms with Crippen molar-refractivity contribution in [3.05, 3.63) is 58.0 Å². The van der Waals surface area contributed by atoms with E-state index in [-0.39, 0.29) is 24.1 Å². The second-order valence-electron chi connectivity index (χ2n) is 7.23. The molecular weight excluding hydrogens is 342 g/mol. The maximum atomic E-state index is 12.8. The van der Waals surface area contributed by atoms with Gasteiger partial charge in [-0.05, 0) is 44.9 Å². The molecule has 0 aliphatic carbocycles. The van der Waals surface area contributed by atoms with Crippen LogP contribution in [-0.2, 0) is 11.3 Å². The molecule has 1 aliphatic rings. The van der Waals surface area contributed by atoms with E-state index in [2.05, 4.69) is 9.97 Å². The number of para-hydroxylation sites is 2. The summed E-state index contributed by atoms with van der Waals surface area (Å²) in [4.78, 5) is 38.8. The van der Waals surface area contributed by atoms with Gasteiger partial charge in [-0.3, -0.25) is 9.36 Å². The van der Waals surface area contributed by atoms with Crippen LogP contribution in [0.1, 0.15) is 36.0 Å². The highest BCUT2D eigenvalue weighted by atomic mass is 16.2. The zero-order valence-corrected chi connectivity index (χ0v) is 15.6. The number of carbonyl (C=O) groups excluding carboxylic acids is 1. The van der Waals surface area contributed by atoms with E-state index >= 15 is 0 Å². The first kappa shape index (κ1) is 17.5. The van der Waals surface area contributed by atoms with Crippen molar-refractivity contribution >= 4 is 16.9 Å². The molecule has 1 atom stereocenters. The summed E-state index contributed by atoms with van der Waals surface area (Å²) in [7, 11) is 0. The van der Waals surface area contributed by atoms with Gasteiger partial charge in [0.25, 0.3) is 0 Å². The van der Waals surface area contributed by atoms with Crippen molar-refractivity contribution in [2.45, 2.75) is 39.2 Å². The summed E-state index contributed by atoms with van der Waals surface area (Å²) in [5.41, 5.74) is 3.02. The number of nitrogens with zero attached hydrogens (tertiary/aromatic N) is 4. The molecule has 27 heavy (non-hydrogen) atoms. The number of likely N-dealkylation sites (tertiary alicyclic amines) is 1. The Labute approximate surface area is 157 Å². The molecule has 1 N–H and O–H groups in total. The average molecular weight is 365 g/mol. The van der Waals surface area contributed by atoms with Crippen molar-refractivity contribution in [1.82, 2.24) is 24.4 Å². The number of hydrogen-bond acceptors (Lipinski definition) is 4. The second kappa shape index (κ2) is 6.98. The molecule has 4 rings (SSSR count). The molecule has 1 aliphatic heterocycles. The lowest BCUT2D eigenvalue weighted by molar-refractivity contribution is -0.133. The van der Waals surface area contributed by atoms with Gasteiger partial charge in [-0.1, -0.05) is 12.1 Å². The van der Waals surface area contributed by atoms with Crippen molar-refractivity contribution in [3.8, 4) is 0 Å². The molecule has 1 aromatic carbocycles. The second-order valence-corrected chi connectivity index (χ2v) is 7.23. The number of hydrogen-bond donors (Lipinski definition) is 1. The maximum Gasteiger partial charge on any atom is 0.348 e. The molecule has 1 amide bonds. The molecule has 0 radical (unpaired) electrons. The molecule has 0 bridgehead atoms. The zero-order chi connectivity index (χ0) is 19.0. The molecule has 7 nitrogen and oxygen atoms in total. The van der Waals surface area contributed by atoms with Gasteiger partial charge in [-0.15, -0.1) is 0 Å². The van der Waals surface area contributed by atoms with Gasteiger partial charge in [0, 0.05) is 30.4 Å². The van der Waals surface area contributed by atoms with Crippen molar-refractivity contribution < 1.29 is 4.79 Å². The standard InChI is InChI=1S/C20H23N5O2/c1-13-10-14(2)25(20(27)21-13)12-18(26)24-9-5-6-15(11-24)19-22-16-7-3-4-8-17(16)23-19/h3-4,7-8,10,15H,5-6,9,11-12H2,1-2H3,(H,22,23)/t15-/m0/s1. The number of carbonyl (C=O) groups is 1. The van der Waals surface area contributed by atoms with Crippen LogP contribution in [0.15, 0.2) is 35.1 Å². The molecule has 7 heteroatoms. The molecule has 3 heterocycles. The van der Waals surface area contributed by atoms with Crippen LogP contribution in [0.4, 0.5) is 0 Å². The van der Waals surface area contributed by atoms with Crippen LogP contribution in [0.3, 0.4) is 0 Å². The first-order valence-electron chi connectivity index (χ1n) is 9.29. The summed E-state index contributed by atoms with van der Waals surface area (Å²) in [5.74, 6) is 1.06.